The molecule has 0 aromatic heterocycles. The minimum atomic E-state index is -0.818. The Morgan fingerprint density at radius 3 is 2.56 bits per heavy atom. The number of rotatable bonds is 5. The van der Waals surface area contributed by atoms with Gasteiger partial charge >= 0.3 is 0 Å². The molecule has 0 bridgehead atoms. The van der Waals surface area contributed by atoms with Crippen LogP contribution in [0.15, 0.2) is 18.2 Å². The number of phenolic OH excluding ortho intramolecular Hbond substituents is 2. The largest absolute Gasteiger partial charge is 0.508 e. The van der Waals surface area contributed by atoms with Crippen LogP contribution in [0.25, 0.3) is 0 Å². The van der Waals surface area contributed by atoms with E-state index in [0.29, 0.717) is 5.56 Å². The molecule has 0 saturated heterocycles. The Morgan fingerprint density at radius 1 is 1.31 bits per heavy atom. The van der Waals surface area contributed by atoms with Gasteiger partial charge in [0.2, 0.25) is 0 Å². The fourth-order valence-electron chi connectivity index (χ4n) is 1.39. The Morgan fingerprint density at radius 2 is 2.00 bits per heavy atom. The van der Waals surface area contributed by atoms with E-state index in [1.165, 1.54) is 12.1 Å². The highest BCUT2D eigenvalue weighted by molar-refractivity contribution is 5.40. The van der Waals surface area contributed by atoms with E-state index in [1.807, 2.05) is 6.92 Å². The molecule has 0 heterocycles. The van der Waals surface area contributed by atoms with Gasteiger partial charge in [0.1, 0.15) is 11.5 Å². The summed E-state index contributed by atoms with van der Waals surface area (Å²) in [6.45, 7) is 1.75. The lowest BCUT2D eigenvalue weighted by Gasteiger charge is -2.17. The molecule has 5 heteroatoms. The SMILES string of the molecule is CC(NCC(O)CO)c1ccc(O)cc1O. The number of hydrogen-bond acceptors (Lipinski definition) is 5. The lowest BCUT2D eigenvalue weighted by molar-refractivity contribution is 0.0923. The number of aliphatic hydroxyl groups excluding tert-OH is 2. The zero-order chi connectivity index (χ0) is 12.1. The number of benzene rings is 1. The first kappa shape index (κ1) is 12.8. The van der Waals surface area contributed by atoms with E-state index >= 15 is 0 Å². The molecule has 2 atom stereocenters. The van der Waals surface area contributed by atoms with Gasteiger partial charge in [-0.15, -0.1) is 0 Å². The minimum absolute atomic E-state index is 0.00140. The first-order valence-corrected chi connectivity index (χ1v) is 5.08. The van der Waals surface area contributed by atoms with Crippen molar-refractivity contribution in [3.8, 4) is 11.5 Å². The molecule has 0 amide bonds. The topological polar surface area (TPSA) is 93.0 Å². The van der Waals surface area contributed by atoms with Crippen LogP contribution in [0.5, 0.6) is 11.5 Å². The van der Waals surface area contributed by atoms with Gasteiger partial charge in [0.05, 0.1) is 12.7 Å². The average molecular weight is 227 g/mol. The van der Waals surface area contributed by atoms with E-state index in [1.54, 1.807) is 6.07 Å². The van der Waals surface area contributed by atoms with Crippen molar-refractivity contribution in [1.82, 2.24) is 5.32 Å². The molecule has 5 N–H and O–H groups in total. The third-order valence-corrected chi connectivity index (χ3v) is 2.35. The summed E-state index contributed by atoms with van der Waals surface area (Å²) in [6, 6.07) is 4.17. The van der Waals surface area contributed by atoms with Crippen molar-refractivity contribution in [3.05, 3.63) is 23.8 Å². The van der Waals surface area contributed by atoms with Crippen molar-refractivity contribution in [1.29, 1.82) is 0 Å². The summed E-state index contributed by atoms with van der Waals surface area (Å²) in [6.07, 6.45) is -0.818. The Kier molecular flexibility index (Phi) is 4.54. The number of aromatic hydroxyl groups is 2. The number of nitrogens with one attached hydrogen (secondary N) is 1. The zero-order valence-electron chi connectivity index (χ0n) is 9.09. The maximum absolute atomic E-state index is 9.57. The normalized spacial score (nSPS) is 14.7. The maximum atomic E-state index is 9.57. The number of phenols is 2. The molecule has 0 aliphatic carbocycles. The third-order valence-electron chi connectivity index (χ3n) is 2.35. The molecule has 0 spiro atoms. The Labute approximate surface area is 94.0 Å². The highest BCUT2D eigenvalue weighted by Gasteiger charge is 2.11. The summed E-state index contributed by atoms with van der Waals surface area (Å²) in [5.74, 6) is 0.00216. The molecule has 16 heavy (non-hydrogen) atoms. The van der Waals surface area contributed by atoms with E-state index in [2.05, 4.69) is 5.32 Å². The lowest BCUT2D eigenvalue weighted by Crippen LogP contribution is -2.31. The second-order valence-corrected chi connectivity index (χ2v) is 3.71. The Balaban J connectivity index is 2.62. The molecule has 1 rings (SSSR count). The minimum Gasteiger partial charge on any atom is -0.508 e. The van der Waals surface area contributed by atoms with Crippen LogP contribution >= 0.6 is 0 Å². The van der Waals surface area contributed by atoms with Gasteiger partial charge in [0.15, 0.2) is 0 Å². The van der Waals surface area contributed by atoms with Crippen molar-refractivity contribution in [3.63, 3.8) is 0 Å². The quantitative estimate of drug-likeness (QED) is 0.492. The highest BCUT2D eigenvalue weighted by atomic mass is 16.3. The summed E-state index contributed by atoms with van der Waals surface area (Å²) < 4.78 is 0. The van der Waals surface area contributed by atoms with Gasteiger partial charge in [0, 0.05) is 24.2 Å². The van der Waals surface area contributed by atoms with Crippen LogP contribution in [0.1, 0.15) is 18.5 Å². The first-order valence-electron chi connectivity index (χ1n) is 5.08. The van der Waals surface area contributed by atoms with E-state index < -0.39 is 6.10 Å². The zero-order valence-corrected chi connectivity index (χ0v) is 9.09. The smallest absolute Gasteiger partial charge is 0.124 e. The molecule has 5 nitrogen and oxygen atoms in total. The molecular weight excluding hydrogens is 210 g/mol. The van der Waals surface area contributed by atoms with Crippen molar-refractivity contribution in [2.75, 3.05) is 13.2 Å². The van der Waals surface area contributed by atoms with E-state index in [4.69, 9.17) is 15.3 Å². The summed E-state index contributed by atoms with van der Waals surface area (Å²) >= 11 is 0. The van der Waals surface area contributed by atoms with E-state index in [9.17, 15) is 5.11 Å². The molecular formula is C11H17NO4. The first-order chi connectivity index (χ1) is 7.54. The van der Waals surface area contributed by atoms with Crippen LogP contribution in [0.3, 0.4) is 0 Å². The van der Waals surface area contributed by atoms with Crippen LogP contribution in [-0.4, -0.2) is 39.7 Å². The summed E-state index contributed by atoms with van der Waals surface area (Å²) in [5, 5.41) is 39.4. The molecule has 0 saturated carbocycles. The Hall–Kier alpha value is -1.30. The number of hydrogen-bond donors (Lipinski definition) is 5. The maximum Gasteiger partial charge on any atom is 0.124 e. The second kappa shape index (κ2) is 5.69. The Bertz CT molecular complexity index is 343. The van der Waals surface area contributed by atoms with Gasteiger partial charge in [-0.2, -0.15) is 0 Å². The molecule has 0 aliphatic heterocycles. The molecule has 1 aromatic rings. The average Bonchev–Trinajstić information content (AvgIpc) is 2.25. The van der Waals surface area contributed by atoms with Gasteiger partial charge in [-0.1, -0.05) is 6.07 Å². The molecule has 0 fully saturated rings. The fraction of sp³-hybridized carbons (Fsp3) is 0.455. The predicted molar refractivity (Wildman–Crippen MR) is 59.3 cm³/mol. The van der Waals surface area contributed by atoms with E-state index in [0.717, 1.165) is 0 Å². The predicted octanol–water partition coefficient (Wildman–Crippen LogP) is 0.102. The number of aliphatic hydroxyl groups is 2. The molecule has 1 aromatic carbocycles. The van der Waals surface area contributed by atoms with Crippen LogP contribution in [0, 0.1) is 0 Å². The van der Waals surface area contributed by atoms with Crippen LogP contribution in [0.4, 0.5) is 0 Å². The van der Waals surface area contributed by atoms with Gasteiger partial charge < -0.3 is 25.7 Å². The highest BCUT2D eigenvalue weighted by Crippen LogP contribution is 2.27. The third kappa shape index (κ3) is 3.37. The summed E-state index contributed by atoms with van der Waals surface area (Å²) in [4.78, 5) is 0. The van der Waals surface area contributed by atoms with Crippen molar-refractivity contribution < 1.29 is 20.4 Å². The van der Waals surface area contributed by atoms with Crippen molar-refractivity contribution in [2.45, 2.75) is 19.1 Å². The summed E-state index contributed by atoms with van der Waals surface area (Å²) in [5.41, 5.74) is 0.628. The molecule has 0 radical (unpaired) electrons. The van der Waals surface area contributed by atoms with Crippen molar-refractivity contribution in [2.24, 2.45) is 0 Å². The lowest BCUT2D eigenvalue weighted by atomic mass is 10.1. The second-order valence-electron chi connectivity index (χ2n) is 3.71. The monoisotopic (exact) mass is 227 g/mol. The van der Waals surface area contributed by atoms with E-state index in [-0.39, 0.29) is 30.7 Å². The van der Waals surface area contributed by atoms with Crippen LogP contribution in [0.2, 0.25) is 0 Å². The van der Waals surface area contributed by atoms with Gasteiger partial charge in [-0.3, -0.25) is 0 Å². The summed E-state index contributed by atoms with van der Waals surface area (Å²) in [7, 11) is 0. The molecule has 90 valence electrons. The van der Waals surface area contributed by atoms with Gasteiger partial charge in [-0.25, -0.2) is 0 Å². The van der Waals surface area contributed by atoms with Gasteiger partial charge in [0.25, 0.3) is 0 Å². The molecule has 2 unspecified atom stereocenters. The van der Waals surface area contributed by atoms with Crippen LogP contribution < -0.4 is 5.32 Å². The molecule has 0 aliphatic rings. The standard InChI is InChI=1S/C11H17NO4/c1-7(12-5-9(15)6-13)10-3-2-8(14)4-11(10)16/h2-4,7,9,12-16H,5-6H2,1H3. The van der Waals surface area contributed by atoms with Crippen LogP contribution in [-0.2, 0) is 0 Å². The van der Waals surface area contributed by atoms with Gasteiger partial charge in [-0.05, 0) is 13.0 Å². The fourth-order valence-corrected chi connectivity index (χ4v) is 1.39. The van der Waals surface area contributed by atoms with Crippen molar-refractivity contribution >= 4 is 0 Å².